The molecule has 1 saturated carbocycles. The summed E-state index contributed by atoms with van der Waals surface area (Å²) in [5.41, 5.74) is 0.607. The Balaban J connectivity index is 2.12. The maximum atomic E-state index is 12.0. The van der Waals surface area contributed by atoms with Crippen molar-refractivity contribution in [2.24, 2.45) is 11.3 Å². The fourth-order valence-electron chi connectivity index (χ4n) is 2.05. The molecular weight excluding hydrogens is 244 g/mol. The van der Waals surface area contributed by atoms with Gasteiger partial charge in [0.1, 0.15) is 0 Å². The fraction of sp³-hybridized carbons (Fsp3) is 0.467. The van der Waals surface area contributed by atoms with Crippen molar-refractivity contribution in [2.45, 2.75) is 26.4 Å². The van der Waals surface area contributed by atoms with Crippen molar-refractivity contribution in [1.82, 2.24) is 0 Å². The summed E-state index contributed by atoms with van der Waals surface area (Å²) in [6.07, 6.45) is -0.177. The van der Waals surface area contributed by atoms with E-state index in [0.717, 1.165) is 6.42 Å². The number of carbonyl (C=O) groups excluding carboxylic acids is 2. The maximum Gasteiger partial charge on any atom is 0.351 e. The van der Waals surface area contributed by atoms with Gasteiger partial charge in [-0.25, -0.2) is 4.79 Å². The number of benzene rings is 1. The highest BCUT2D eigenvalue weighted by Gasteiger charge is 2.52. The summed E-state index contributed by atoms with van der Waals surface area (Å²) in [5, 5.41) is 0. The van der Waals surface area contributed by atoms with Crippen molar-refractivity contribution >= 4 is 11.9 Å². The van der Waals surface area contributed by atoms with E-state index in [4.69, 9.17) is 9.47 Å². The van der Waals surface area contributed by atoms with Crippen LogP contribution < -0.4 is 0 Å². The van der Waals surface area contributed by atoms with Gasteiger partial charge in [0, 0.05) is 5.56 Å². The second-order valence-electron chi connectivity index (χ2n) is 5.50. The van der Waals surface area contributed by atoms with E-state index in [2.05, 4.69) is 0 Å². The number of esters is 2. The molecule has 1 unspecified atom stereocenters. The predicted octanol–water partition coefficient (Wildman–Crippen LogP) is 2.49. The fourth-order valence-corrected chi connectivity index (χ4v) is 2.05. The highest BCUT2D eigenvalue weighted by Crippen LogP contribution is 2.52. The lowest BCUT2D eigenvalue weighted by atomic mass is 10.1. The maximum absolute atomic E-state index is 12.0. The highest BCUT2D eigenvalue weighted by atomic mass is 16.6. The third-order valence-electron chi connectivity index (χ3n) is 3.55. The molecule has 0 heterocycles. The lowest BCUT2D eigenvalue weighted by molar-refractivity contribution is -0.168. The monoisotopic (exact) mass is 262 g/mol. The topological polar surface area (TPSA) is 52.6 Å². The SMILES string of the molecule is COC(=O)[C@@H](OC(=O)C1CC1(C)C)c1ccccc1. The summed E-state index contributed by atoms with van der Waals surface area (Å²) in [7, 11) is 1.28. The van der Waals surface area contributed by atoms with Gasteiger partial charge >= 0.3 is 11.9 Å². The van der Waals surface area contributed by atoms with Crippen LogP contribution in [0.2, 0.25) is 0 Å². The van der Waals surface area contributed by atoms with Crippen LogP contribution in [0.4, 0.5) is 0 Å². The molecule has 102 valence electrons. The van der Waals surface area contributed by atoms with Crippen LogP contribution in [-0.2, 0) is 19.1 Å². The van der Waals surface area contributed by atoms with Crippen LogP contribution in [0.15, 0.2) is 30.3 Å². The Kier molecular flexibility index (Phi) is 3.60. The molecule has 2 rings (SSSR count). The zero-order chi connectivity index (χ0) is 14.0. The molecular formula is C15H18O4. The van der Waals surface area contributed by atoms with Crippen LogP contribution in [0.5, 0.6) is 0 Å². The lowest BCUT2D eigenvalue weighted by Crippen LogP contribution is -2.22. The molecule has 1 aromatic carbocycles. The van der Waals surface area contributed by atoms with Crippen LogP contribution in [0.25, 0.3) is 0 Å². The van der Waals surface area contributed by atoms with E-state index in [-0.39, 0.29) is 17.3 Å². The Hall–Kier alpha value is -1.84. The van der Waals surface area contributed by atoms with Gasteiger partial charge in [-0.2, -0.15) is 0 Å². The van der Waals surface area contributed by atoms with Gasteiger partial charge in [-0.15, -0.1) is 0 Å². The third-order valence-corrected chi connectivity index (χ3v) is 3.55. The van der Waals surface area contributed by atoms with E-state index in [1.807, 2.05) is 19.9 Å². The summed E-state index contributed by atoms with van der Waals surface area (Å²) in [6.45, 7) is 4.02. The van der Waals surface area contributed by atoms with Gasteiger partial charge < -0.3 is 9.47 Å². The average molecular weight is 262 g/mol. The summed E-state index contributed by atoms with van der Waals surface area (Å²) < 4.78 is 10.0. The van der Waals surface area contributed by atoms with E-state index in [1.54, 1.807) is 24.3 Å². The van der Waals surface area contributed by atoms with Crippen molar-refractivity contribution in [3.8, 4) is 0 Å². The van der Waals surface area contributed by atoms with Crippen LogP contribution in [0, 0.1) is 11.3 Å². The van der Waals surface area contributed by atoms with Crippen molar-refractivity contribution in [3.05, 3.63) is 35.9 Å². The molecule has 0 bridgehead atoms. The van der Waals surface area contributed by atoms with E-state index in [0.29, 0.717) is 5.56 Å². The minimum atomic E-state index is -0.977. The van der Waals surface area contributed by atoms with Gasteiger partial charge in [0.2, 0.25) is 6.10 Å². The third kappa shape index (κ3) is 2.95. The number of methoxy groups -OCH3 is 1. The zero-order valence-electron chi connectivity index (χ0n) is 11.4. The smallest absolute Gasteiger partial charge is 0.351 e. The number of rotatable bonds is 4. The van der Waals surface area contributed by atoms with Gasteiger partial charge in [-0.3, -0.25) is 4.79 Å². The number of ether oxygens (including phenoxy) is 2. The minimum Gasteiger partial charge on any atom is -0.466 e. The molecule has 0 aliphatic heterocycles. The van der Waals surface area contributed by atoms with Gasteiger partial charge in [0.05, 0.1) is 13.0 Å². The van der Waals surface area contributed by atoms with Crippen molar-refractivity contribution in [1.29, 1.82) is 0 Å². The Morgan fingerprint density at radius 2 is 1.84 bits per heavy atom. The average Bonchev–Trinajstić information content (AvgIpc) is 3.05. The number of hydrogen-bond acceptors (Lipinski definition) is 4. The van der Waals surface area contributed by atoms with Crippen LogP contribution in [0.1, 0.15) is 31.9 Å². The molecule has 2 atom stereocenters. The van der Waals surface area contributed by atoms with Crippen molar-refractivity contribution in [3.63, 3.8) is 0 Å². The molecule has 19 heavy (non-hydrogen) atoms. The van der Waals surface area contributed by atoms with E-state index < -0.39 is 12.1 Å². The molecule has 4 nitrogen and oxygen atoms in total. The lowest BCUT2D eigenvalue weighted by Gasteiger charge is -2.16. The van der Waals surface area contributed by atoms with Crippen molar-refractivity contribution in [2.75, 3.05) is 7.11 Å². The van der Waals surface area contributed by atoms with Crippen LogP contribution >= 0.6 is 0 Å². The van der Waals surface area contributed by atoms with Gasteiger partial charge in [0.25, 0.3) is 0 Å². The summed E-state index contributed by atoms with van der Waals surface area (Å²) in [5.74, 6) is -1.01. The Morgan fingerprint density at radius 3 is 2.32 bits per heavy atom. The van der Waals surface area contributed by atoms with Crippen molar-refractivity contribution < 1.29 is 19.1 Å². The molecule has 1 aromatic rings. The second kappa shape index (κ2) is 5.03. The predicted molar refractivity (Wildman–Crippen MR) is 69.2 cm³/mol. The first-order valence-corrected chi connectivity index (χ1v) is 6.29. The molecule has 1 fully saturated rings. The first kappa shape index (κ1) is 13.6. The van der Waals surface area contributed by atoms with E-state index >= 15 is 0 Å². The van der Waals surface area contributed by atoms with Crippen LogP contribution in [0.3, 0.4) is 0 Å². The molecule has 0 radical (unpaired) electrons. The summed E-state index contributed by atoms with van der Waals surface area (Å²) in [6, 6.07) is 8.91. The quantitative estimate of drug-likeness (QED) is 0.782. The molecule has 4 heteroatoms. The normalized spacial score (nSPS) is 21.3. The molecule has 0 saturated heterocycles. The van der Waals surface area contributed by atoms with Gasteiger partial charge in [0.15, 0.2) is 0 Å². The number of hydrogen-bond donors (Lipinski definition) is 0. The second-order valence-corrected chi connectivity index (χ2v) is 5.50. The standard InChI is InChI=1S/C15H18O4/c1-15(2)9-11(15)13(16)19-12(14(17)18-3)10-7-5-4-6-8-10/h4-8,11-12H,9H2,1-3H3/t11?,12-/m0/s1. The van der Waals surface area contributed by atoms with Gasteiger partial charge in [-0.1, -0.05) is 44.2 Å². The first-order chi connectivity index (χ1) is 8.95. The zero-order valence-corrected chi connectivity index (χ0v) is 11.4. The first-order valence-electron chi connectivity index (χ1n) is 6.29. The molecule has 0 spiro atoms. The Morgan fingerprint density at radius 1 is 1.26 bits per heavy atom. The molecule has 0 amide bonds. The Labute approximate surface area is 112 Å². The van der Waals surface area contributed by atoms with Gasteiger partial charge in [-0.05, 0) is 11.8 Å². The Bertz CT molecular complexity index is 478. The highest BCUT2D eigenvalue weighted by molar-refractivity contribution is 5.83. The van der Waals surface area contributed by atoms with E-state index in [9.17, 15) is 9.59 Å². The van der Waals surface area contributed by atoms with E-state index in [1.165, 1.54) is 7.11 Å². The molecule has 1 aliphatic rings. The number of carbonyl (C=O) groups is 2. The summed E-state index contributed by atoms with van der Waals surface area (Å²) >= 11 is 0. The molecule has 0 N–H and O–H groups in total. The largest absolute Gasteiger partial charge is 0.466 e. The van der Waals surface area contributed by atoms with Crippen LogP contribution in [-0.4, -0.2) is 19.0 Å². The minimum absolute atomic E-state index is 0.0194. The molecule has 1 aliphatic carbocycles. The summed E-state index contributed by atoms with van der Waals surface area (Å²) in [4.78, 5) is 23.7. The molecule has 0 aromatic heterocycles.